The number of rotatable bonds is 3. The molecule has 0 atom stereocenters. The van der Waals surface area contributed by atoms with Crippen LogP contribution in [0.25, 0.3) is 0 Å². The van der Waals surface area contributed by atoms with Crippen LogP contribution in [0.15, 0.2) is 18.2 Å². The Hall–Kier alpha value is -1.55. The molecule has 0 bridgehead atoms. The van der Waals surface area contributed by atoms with Crippen molar-refractivity contribution in [2.45, 2.75) is 45.1 Å². The van der Waals surface area contributed by atoms with Gasteiger partial charge in [-0.25, -0.2) is 4.79 Å². The molecule has 0 aromatic heterocycles. The minimum absolute atomic E-state index is 0.321. The van der Waals surface area contributed by atoms with Crippen molar-refractivity contribution in [2.24, 2.45) is 5.92 Å². The van der Waals surface area contributed by atoms with Gasteiger partial charge in [0.05, 0.1) is 10.6 Å². The molecule has 0 unspecified atom stereocenters. The van der Waals surface area contributed by atoms with Gasteiger partial charge >= 0.3 is 5.97 Å². The molecule has 2 N–H and O–H groups in total. The van der Waals surface area contributed by atoms with Crippen LogP contribution in [-0.4, -0.2) is 22.5 Å². The molecule has 1 aromatic rings. The smallest absolute Gasteiger partial charge is 0.329 e. The van der Waals surface area contributed by atoms with E-state index < -0.39 is 17.4 Å². The van der Waals surface area contributed by atoms with Crippen molar-refractivity contribution >= 4 is 23.5 Å². The predicted molar refractivity (Wildman–Crippen MR) is 81.7 cm³/mol. The Labute approximate surface area is 129 Å². The highest BCUT2D eigenvalue weighted by Gasteiger charge is 2.42. The summed E-state index contributed by atoms with van der Waals surface area (Å²) < 4.78 is 0. The highest BCUT2D eigenvalue weighted by atomic mass is 35.5. The Bertz CT molecular complexity index is 563. The summed E-state index contributed by atoms with van der Waals surface area (Å²) in [5, 5.41) is 12.6. The lowest BCUT2D eigenvalue weighted by atomic mass is 9.77. The molecule has 0 radical (unpaired) electrons. The maximum atomic E-state index is 12.4. The number of carbonyl (C=O) groups excluding carboxylic acids is 1. The highest BCUT2D eigenvalue weighted by molar-refractivity contribution is 6.34. The zero-order valence-electron chi connectivity index (χ0n) is 12.3. The second-order valence-corrected chi connectivity index (χ2v) is 6.41. The van der Waals surface area contributed by atoms with E-state index >= 15 is 0 Å². The Morgan fingerprint density at radius 1 is 1.33 bits per heavy atom. The molecule has 1 amide bonds. The Balaban J connectivity index is 2.21. The van der Waals surface area contributed by atoms with Gasteiger partial charge in [0.15, 0.2) is 0 Å². The number of carboxylic acid groups (broad SMARTS) is 1. The fraction of sp³-hybridized carbons (Fsp3) is 0.500. The lowest BCUT2D eigenvalue weighted by Gasteiger charge is -2.36. The average Bonchev–Trinajstić information content (AvgIpc) is 2.41. The maximum Gasteiger partial charge on any atom is 0.329 e. The minimum atomic E-state index is -1.17. The van der Waals surface area contributed by atoms with E-state index in [2.05, 4.69) is 12.2 Å². The third-order valence-corrected chi connectivity index (χ3v) is 4.57. The zero-order valence-corrected chi connectivity index (χ0v) is 13.0. The van der Waals surface area contributed by atoms with Gasteiger partial charge in [-0.3, -0.25) is 4.79 Å². The van der Waals surface area contributed by atoms with Crippen molar-refractivity contribution in [3.05, 3.63) is 34.3 Å². The van der Waals surface area contributed by atoms with E-state index in [4.69, 9.17) is 11.6 Å². The summed E-state index contributed by atoms with van der Waals surface area (Å²) >= 11 is 6.08. The van der Waals surface area contributed by atoms with E-state index in [1.54, 1.807) is 18.2 Å². The van der Waals surface area contributed by atoms with E-state index in [-0.39, 0.29) is 0 Å². The summed E-state index contributed by atoms with van der Waals surface area (Å²) in [4.78, 5) is 24.0. The van der Waals surface area contributed by atoms with E-state index in [1.165, 1.54) is 0 Å². The van der Waals surface area contributed by atoms with Crippen LogP contribution in [0.1, 0.15) is 48.5 Å². The first kappa shape index (κ1) is 15.8. The first-order valence-corrected chi connectivity index (χ1v) is 7.54. The standard InChI is InChI=1S/C16H20ClNO3/c1-10-5-7-16(8-6-10,15(20)21)18-14(19)12-4-3-11(2)9-13(12)17/h3-4,9-10H,5-8H2,1-2H3,(H,18,19)(H,20,21). The number of carbonyl (C=O) groups is 2. The van der Waals surface area contributed by atoms with Crippen LogP contribution < -0.4 is 5.32 Å². The molecule has 0 saturated heterocycles. The molecule has 2 rings (SSSR count). The molecular weight excluding hydrogens is 290 g/mol. The van der Waals surface area contributed by atoms with E-state index in [1.807, 2.05) is 6.92 Å². The van der Waals surface area contributed by atoms with Crippen LogP contribution in [0.4, 0.5) is 0 Å². The van der Waals surface area contributed by atoms with Crippen LogP contribution >= 0.6 is 11.6 Å². The fourth-order valence-electron chi connectivity index (χ4n) is 2.74. The molecule has 0 aliphatic heterocycles. The number of amides is 1. The lowest BCUT2D eigenvalue weighted by molar-refractivity contribution is -0.146. The lowest BCUT2D eigenvalue weighted by Crippen LogP contribution is -2.56. The van der Waals surface area contributed by atoms with Gasteiger partial charge in [-0.15, -0.1) is 0 Å². The molecule has 5 heteroatoms. The van der Waals surface area contributed by atoms with Crippen LogP contribution in [0.2, 0.25) is 5.02 Å². The van der Waals surface area contributed by atoms with Gasteiger partial charge in [-0.1, -0.05) is 24.6 Å². The third kappa shape index (κ3) is 3.38. The SMILES string of the molecule is Cc1ccc(C(=O)NC2(C(=O)O)CCC(C)CC2)c(Cl)c1. The summed E-state index contributed by atoms with van der Waals surface area (Å²) in [6.07, 6.45) is 2.51. The summed E-state index contributed by atoms with van der Waals surface area (Å²) in [7, 11) is 0. The molecule has 1 fully saturated rings. The number of carboxylic acids is 1. The number of benzene rings is 1. The molecule has 4 nitrogen and oxygen atoms in total. The van der Waals surface area contributed by atoms with Gasteiger partial charge in [0.1, 0.15) is 5.54 Å². The molecule has 1 aliphatic rings. The Morgan fingerprint density at radius 3 is 2.48 bits per heavy atom. The Morgan fingerprint density at radius 2 is 1.95 bits per heavy atom. The van der Waals surface area contributed by atoms with Crippen molar-refractivity contribution in [3.8, 4) is 0 Å². The molecular formula is C16H20ClNO3. The van der Waals surface area contributed by atoms with Crippen molar-refractivity contribution in [3.63, 3.8) is 0 Å². The molecule has 0 spiro atoms. The number of aryl methyl sites for hydroxylation is 1. The first-order valence-electron chi connectivity index (χ1n) is 7.16. The number of nitrogens with one attached hydrogen (secondary N) is 1. The molecule has 1 aromatic carbocycles. The van der Waals surface area contributed by atoms with Gasteiger partial charge in [-0.05, 0) is 56.2 Å². The number of hydrogen-bond acceptors (Lipinski definition) is 2. The molecule has 0 heterocycles. The summed E-state index contributed by atoms with van der Waals surface area (Å²) in [6, 6.07) is 5.12. The maximum absolute atomic E-state index is 12.4. The number of hydrogen-bond donors (Lipinski definition) is 2. The van der Waals surface area contributed by atoms with Crippen molar-refractivity contribution in [1.82, 2.24) is 5.32 Å². The second-order valence-electron chi connectivity index (χ2n) is 6.01. The normalized spacial score (nSPS) is 25.4. The average molecular weight is 310 g/mol. The van der Waals surface area contributed by atoms with E-state index in [9.17, 15) is 14.7 Å². The number of halogens is 1. The van der Waals surface area contributed by atoms with Crippen LogP contribution in [0.3, 0.4) is 0 Å². The van der Waals surface area contributed by atoms with Crippen LogP contribution in [0.5, 0.6) is 0 Å². The van der Waals surface area contributed by atoms with E-state index in [0.717, 1.165) is 18.4 Å². The second kappa shape index (κ2) is 6.06. The predicted octanol–water partition coefficient (Wildman–Crippen LogP) is 3.41. The van der Waals surface area contributed by atoms with Crippen molar-refractivity contribution in [2.75, 3.05) is 0 Å². The Kier molecular flexibility index (Phi) is 4.57. The van der Waals surface area contributed by atoms with Gasteiger partial charge in [0, 0.05) is 0 Å². The summed E-state index contributed by atoms with van der Waals surface area (Å²) in [5.41, 5.74) is 0.107. The van der Waals surface area contributed by atoms with Gasteiger partial charge in [0.25, 0.3) is 5.91 Å². The quantitative estimate of drug-likeness (QED) is 0.899. The summed E-state index contributed by atoms with van der Waals surface area (Å²) in [6.45, 7) is 3.99. The minimum Gasteiger partial charge on any atom is -0.480 e. The third-order valence-electron chi connectivity index (χ3n) is 4.26. The topological polar surface area (TPSA) is 66.4 Å². The molecule has 1 saturated carbocycles. The fourth-order valence-corrected chi connectivity index (χ4v) is 3.06. The van der Waals surface area contributed by atoms with E-state index in [0.29, 0.717) is 29.3 Å². The largest absolute Gasteiger partial charge is 0.480 e. The first-order chi connectivity index (χ1) is 9.84. The van der Waals surface area contributed by atoms with Crippen molar-refractivity contribution in [1.29, 1.82) is 0 Å². The van der Waals surface area contributed by atoms with Gasteiger partial charge < -0.3 is 10.4 Å². The molecule has 114 valence electrons. The monoisotopic (exact) mass is 309 g/mol. The zero-order chi connectivity index (χ0) is 15.6. The highest BCUT2D eigenvalue weighted by Crippen LogP contribution is 2.32. The number of aliphatic carboxylic acids is 1. The van der Waals surface area contributed by atoms with Crippen LogP contribution in [0, 0.1) is 12.8 Å². The molecule has 1 aliphatic carbocycles. The van der Waals surface area contributed by atoms with Gasteiger partial charge in [0.2, 0.25) is 0 Å². The van der Waals surface area contributed by atoms with Crippen LogP contribution in [-0.2, 0) is 4.79 Å². The molecule has 21 heavy (non-hydrogen) atoms. The van der Waals surface area contributed by atoms with Crippen molar-refractivity contribution < 1.29 is 14.7 Å². The van der Waals surface area contributed by atoms with Gasteiger partial charge in [-0.2, -0.15) is 0 Å². The summed E-state index contributed by atoms with van der Waals surface area (Å²) in [5.74, 6) is -0.889.